The molecule has 2 unspecified atom stereocenters. The van der Waals surface area contributed by atoms with Gasteiger partial charge in [-0.25, -0.2) is 4.79 Å². The van der Waals surface area contributed by atoms with Crippen LogP contribution < -0.4 is 5.32 Å². The Labute approximate surface area is 189 Å². The molecule has 0 saturated heterocycles. The predicted octanol–water partition coefficient (Wildman–Crippen LogP) is 3.67. The topological polar surface area (TPSA) is 111 Å². The molecule has 1 aromatic carbocycles. The molecule has 32 heavy (non-hydrogen) atoms. The van der Waals surface area contributed by atoms with Gasteiger partial charge < -0.3 is 24.6 Å². The Kier molecular flexibility index (Phi) is 8.29. The number of carboxylic acids is 1. The molecular weight excluding hydrogens is 414 g/mol. The smallest absolute Gasteiger partial charge is 0.407 e. The van der Waals surface area contributed by atoms with Gasteiger partial charge in [0.25, 0.3) is 0 Å². The van der Waals surface area contributed by atoms with Crippen LogP contribution in [0.15, 0.2) is 24.3 Å². The summed E-state index contributed by atoms with van der Waals surface area (Å²) >= 11 is 0. The minimum absolute atomic E-state index is 0.0414. The highest BCUT2D eigenvalue weighted by molar-refractivity contribution is 6.01. The van der Waals surface area contributed by atoms with E-state index in [4.69, 9.17) is 14.2 Å². The van der Waals surface area contributed by atoms with E-state index >= 15 is 0 Å². The van der Waals surface area contributed by atoms with Crippen LogP contribution in [0.3, 0.4) is 0 Å². The van der Waals surface area contributed by atoms with Gasteiger partial charge in [-0.15, -0.1) is 0 Å². The first-order valence-corrected chi connectivity index (χ1v) is 11.0. The Morgan fingerprint density at radius 1 is 1.22 bits per heavy atom. The summed E-state index contributed by atoms with van der Waals surface area (Å²) < 4.78 is 16.1. The van der Waals surface area contributed by atoms with Crippen LogP contribution in [0, 0.1) is 5.41 Å². The van der Waals surface area contributed by atoms with Gasteiger partial charge in [-0.1, -0.05) is 31.2 Å². The van der Waals surface area contributed by atoms with Crippen molar-refractivity contribution >= 4 is 18.0 Å². The van der Waals surface area contributed by atoms with E-state index in [1.807, 2.05) is 19.1 Å². The fourth-order valence-electron chi connectivity index (χ4n) is 4.14. The van der Waals surface area contributed by atoms with E-state index in [2.05, 4.69) is 5.32 Å². The number of rotatable bonds is 9. The molecule has 0 heterocycles. The van der Waals surface area contributed by atoms with Crippen molar-refractivity contribution in [2.45, 2.75) is 77.5 Å². The molecule has 1 aliphatic rings. The zero-order valence-corrected chi connectivity index (χ0v) is 19.8. The number of carboxylic acid groups (broad SMARTS) is 1. The highest BCUT2D eigenvalue weighted by atomic mass is 16.6. The Morgan fingerprint density at radius 3 is 2.44 bits per heavy atom. The average molecular weight is 450 g/mol. The average Bonchev–Trinajstić information content (AvgIpc) is 3.05. The number of hydrogen-bond donors (Lipinski definition) is 2. The Hall–Kier alpha value is -2.61. The quantitative estimate of drug-likeness (QED) is 0.437. The number of fused-ring (bicyclic) bond motifs is 1. The summed E-state index contributed by atoms with van der Waals surface area (Å²) in [5.41, 5.74) is -1.09. The van der Waals surface area contributed by atoms with E-state index in [-0.39, 0.29) is 13.0 Å². The number of alkyl carbamates (subject to hydrolysis) is 1. The first-order chi connectivity index (χ1) is 15.0. The summed E-state index contributed by atoms with van der Waals surface area (Å²) in [6.45, 7) is 8.86. The summed E-state index contributed by atoms with van der Waals surface area (Å²) in [4.78, 5) is 38.8. The number of aliphatic carboxylic acids is 1. The second kappa shape index (κ2) is 10.3. The number of carbonyl (C=O) groups is 3. The number of ether oxygens (including phenoxy) is 3. The first kappa shape index (κ1) is 25.6. The largest absolute Gasteiger partial charge is 0.480 e. The van der Waals surface area contributed by atoms with Crippen molar-refractivity contribution in [3.05, 3.63) is 35.4 Å². The standard InChI is InChI=1S/C24H35NO7/c1-7-15(2)31-21(28)24(20(26)27,12-13-30-6)19-17-11-9-8-10-16(17)14-18(19)25-22(29)32-23(3,4)5/h8-11,15,18-19H,7,12-14H2,1-6H3,(H,25,29)(H,26,27)/t15?,18-,19-,24?/m1/s1. The van der Waals surface area contributed by atoms with Crippen LogP contribution >= 0.6 is 0 Å². The zero-order valence-electron chi connectivity index (χ0n) is 19.8. The summed E-state index contributed by atoms with van der Waals surface area (Å²) in [5.74, 6) is -2.98. The molecule has 0 aliphatic heterocycles. The van der Waals surface area contributed by atoms with Gasteiger partial charge in [0.15, 0.2) is 5.41 Å². The second-order valence-electron chi connectivity index (χ2n) is 9.28. The maximum Gasteiger partial charge on any atom is 0.407 e. The van der Waals surface area contributed by atoms with Crippen LogP contribution in [0.4, 0.5) is 4.79 Å². The number of benzene rings is 1. The summed E-state index contributed by atoms with van der Waals surface area (Å²) in [6.07, 6.45) is -0.287. The molecule has 2 N–H and O–H groups in total. The minimum atomic E-state index is -1.94. The maximum atomic E-state index is 13.4. The molecular formula is C24H35NO7. The second-order valence-corrected chi connectivity index (χ2v) is 9.28. The van der Waals surface area contributed by atoms with Crippen LogP contribution in [0.5, 0.6) is 0 Å². The van der Waals surface area contributed by atoms with Crippen molar-refractivity contribution < 1.29 is 33.7 Å². The highest BCUT2D eigenvalue weighted by Gasteiger charge is 2.59. The van der Waals surface area contributed by atoms with E-state index in [9.17, 15) is 19.5 Å². The van der Waals surface area contributed by atoms with E-state index in [1.54, 1.807) is 39.8 Å². The lowest BCUT2D eigenvalue weighted by atomic mass is 9.68. The molecule has 4 atom stereocenters. The molecule has 0 fully saturated rings. The van der Waals surface area contributed by atoms with Crippen LogP contribution in [0.2, 0.25) is 0 Å². The molecule has 0 saturated carbocycles. The maximum absolute atomic E-state index is 13.4. The minimum Gasteiger partial charge on any atom is -0.480 e. The predicted molar refractivity (Wildman–Crippen MR) is 118 cm³/mol. The van der Waals surface area contributed by atoms with Crippen LogP contribution in [-0.4, -0.2) is 54.6 Å². The Morgan fingerprint density at radius 2 is 1.88 bits per heavy atom. The van der Waals surface area contributed by atoms with E-state index in [0.717, 1.165) is 5.56 Å². The SMILES string of the molecule is CCC(C)OC(=O)C(CCOC)(C(=O)O)[C@@H]1c2ccccc2C[C@H]1NC(=O)OC(C)(C)C. The molecule has 8 nitrogen and oxygen atoms in total. The number of esters is 1. The normalized spacial score (nSPS) is 20.6. The van der Waals surface area contributed by atoms with Crippen molar-refractivity contribution in [2.24, 2.45) is 5.41 Å². The van der Waals surface area contributed by atoms with Gasteiger partial charge in [0.05, 0.1) is 6.10 Å². The van der Waals surface area contributed by atoms with Gasteiger partial charge >= 0.3 is 18.0 Å². The monoisotopic (exact) mass is 449 g/mol. The fraction of sp³-hybridized carbons (Fsp3) is 0.625. The van der Waals surface area contributed by atoms with Crippen molar-refractivity contribution in [3.8, 4) is 0 Å². The molecule has 1 aliphatic carbocycles. The molecule has 0 spiro atoms. The lowest BCUT2D eigenvalue weighted by Crippen LogP contribution is -2.53. The third kappa shape index (κ3) is 5.59. The van der Waals surface area contributed by atoms with Crippen LogP contribution in [0.1, 0.15) is 64.5 Å². The van der Waals surface area contributed by atoms with Crippen molar-refractivity contribution in [1.29, 1.82) is 0 Å². The molecule has 2 rings (SSSR count). The molecule has 1 aromatic rings. The van der Waals surface area contributed by atoms with Gasteiger partial charge in [-0.2, -0.15) is 0 Å². The lowest BCUT2D eigenvalue weighted by molar-refractivity contribution is -0.176. The highest BCUT2D eigenvalue weighted by Crippen LogP contribution is 2.49. The van der Waals surface area contributed by atoms with Crippen LogP contribution in [0.25, 0.3) is 0 Å². The Bertz CT molecular complexity index is 832. The molecule has 0 radical (unpaired) electrons. The third-order valence-electron chi connectivity index (χ3n) is 5.79. The van der Waals surface area contributed by atoms with E-state index in [0.29, 0.717) is 18.4 Å². The van der Waals surface area contributed by atoms with E-state index in [1.165, 1.54) is 7.11 Å². The number of hydrogen-bond acceptors (Lipinski definition) is 6. The van der Waals surface area contributed by atoms with Gasteiger partial charge in [-0.05, 0) is 58.1 Å². The first-order valence-electron chi connectivity index (χ1n) is 11.0. The number of nitrogens with one attached hydrogen (secondary N) is 1. The van der Waals surface area contributed by atoms with Gasteiger partial charge in [0.2, 0.25) is 0 Å². The number of carbonyl (C=O) groups excluding carboxylic acids is 2. The fourth-order valence-corrected chi connectivity index (χ4v) is 4.14. The summed E-state index contributed by atoms with van der Waals surface area (Å²) in [7, 11) is 1.45. The van der Waals surface area contributed by atoms with Gasteiger partial charge in [-0.3, -0.25) is 9.59 Å². The summed E-state index contributed by atoms with van der Waals surface area (Å²) in [6, 6.07) is 6.66. The Balaban J connectivity index is 2.57. The molecule has 0 aromatic heterocycles. The lowest BCUT2D eigenvalue weighted by Gasteiger charge is -2.37. The number of methoxy groups -OCH3 is 1. The van der Waals surface area contributed by atoms with Crippen molar-refractivity contribution in [2.75, 3.05) is 13.7 Å². The molecule has 178 valence electrons. The molecule has 0 bridgehead atoms. The van der Waals surface area contributed by atoms with Gasteiger partial charge in [0, 0.05) is 25.7 Å². The zero-order chi connectivity index (χ0) is 24.1. The molecule has 1 amide bonds. The van der Waals surface area contributed by atoms with Crippen molar-refractivity contribution in [3.63, 3.8) is 0 Å². The van der Waals surface area contributed by atoms with Crippen molar-refractivity contribution in [1.82, 2.24) is 5.32 Å². The van der Waals surface area contributed by atoms with Crippen LogP contribution in [-0.2, 0) is 30.2 Å². The summed E-state index contributed by atoms with van der Waals surface area (Å²) in [5, 5.41) is 13.2. The molecule has 8 heteroatoms. The van der Waals surface area contributed by atoms with E-state index < -0.39 is 47.1 Å². The number of amides is 1. The third-order valence-corrected chi connectivity index (χ3v) is 5.79. The van der Waals surface area contributed by atoms with Gasteiger partial charge in [0.1, 0.15) is 5.60 Å².